The van der Waals surface area contributed by atoms with Gasteiger partial charge in [-0.1, -0.05) is 9.64 Å². The highest BCUT2D eigenvalue weighted by molar-refractivity contribution is 7.09. The quantitative estimate of drug-likeness (QED) is 0.767. The highest BCUT2D eigenvalue weighted by Crippen LogP contribution is 2.35. The highest BCUT2D eigenvalue weighted by Gasteiger charge is 2.31. The molecular weight excluding hydrogens is 330 g/mol. The Kier molecular flexibility index (Phi) is 3.81. The van der Waals surface area contributed by atoms with E-state index in [0.717, 1.165) is 29.1 Å². The standard InChI is InChI=1S/C14H15N7O2S/c1-8-5-10(23-19-8)12-11(17-20-24-12)9-3-2-4-21(6-9)14(22)13-15-7-16-18-13/h5,7,9H,2-4,6H2,1H3,(H,15,16,18)/t9-/m1/s1. The van der Waals surface area contributed by atoms with E-state index in [9.17, 15) is 4.79 Å². The van der Waals surface area contributed by atoms with Crippen LogP contribution in [0.4, 0.5) is 0 Å². The van der Waals surface area contributed by atoms with Gasteiger partial charge in [-0.05, 0) is 31.3 Å². The maximum absolute atomic E-state index is 12.5. The van der Waals surface area contributed by atoms with Crippen molar-refractivity contribution in [2.24, 2.45) is 0 Å². The Morgan fingerprint density at radius 1 is 1.50 bits per heavy atom. The number of likely N-dealkylation sites (tertiary alicyclic amines) is 1. The second-order valence-corrected chi connectivity index (χ2v) is 6.50. The number of aromatic nitrogens is 6. The molecular formula is C14H15N7O2S. The van der Waals surface area contributed by atoms with Crippen LogP contribution < -0.4 is 0 Å². The fourth-order valence-electron chi connectivity index (χ4n) is 2.95. The zero-order valence-corrected chi connectivity index (χ0v) is 13.8. The minimum atomic E-state index is -0.141. The number of hydrogen-bond donors (Lipinski definition) is 1. The van der Waals surface area contributed by atoms with Crippen LogP contribution in [0.15, 0.2) is 16.9 Å². The molecule has 0 aromatic carbocycles. The summed E-state index contributed by atoms with van der Waals surface area (Å²) in [5.74, 6) is 0.913. The zero-order chi connectivity index (χ0) is 16.5. The first-order chi connectivity index (χ1) is 11.7. The van der Waals surface area contributed by atoms with Crippen LogP contribution in [0.1, 0.15) is 40.8 Å². The molecule has 0 radical (unpaired) electrons. The molecule has 1 saturated heterocycles. The summed E-state index contributed by atoms with van der Waals surface area (Å²) in [7, 11) is 0. The zero-order valence-electron chi connectivity index (χ0n) is 13.0. The Morgan fingerprint density at radius 2 is 2.42 bits per heavy atom. The predicted molar refractivity (Wildman–Crippen MR) is 84.4 cm³/mol. The fraction of sp³-hybridized carbons (Fsp3) is 0.429. The largest absolute Gasteiger partial charge is 0.355 e. The second-order valence-electron chi connectivity index (χ2n) is 5.74. The number of rotatable bonds is 3. The van der Waals surface area contributed by atoms with Crippen molar-refractivity contribution in [3.05, 3.63) is 29.6 Å². The maximum atomic E-state index is 12.5. The summed E-state index contributed by atoms with van der Waals surface area (Å²) in [6, 6.07) is 1.87. The van der Waals surface area contributed by atoms with Gasteiger partial charge in [0.15, 0.2) is 5.76 Å². The molecule has 0 saturated carbocycles. The molecule has 124 valence electrons. The number of piperidine rings is 1. The third-order valence-corrected chi connectivity index (χ3v) is 4.83. The predicted octanol–water partition coefficient (Wildman–Crippen LogP) is 1.64. The molecule has 1 atom stereocenters. The monoisotopic (exact) mass is 345 g/mol. The average Bonchev–Trinajstić information content (AvgIpc) is 3.35. The van der Waals surface area contributed by atoms with Gasteiger partial charge in [-0.15, -0.1) is 5.10 Å². The minimum Gasteiger partial charge on any atom is -0.355 e. The Labute approximate surface area is 141 Å². The molecule has 0 unspecified atom stereocenters. The average molecular weight is 345 g/mol. The van der Waals surface area contributed by atoms with Gasteiger partial charge in [0.2, 0.25) is 5.82 Å². The number of carbonyl (C=O) groups is 1. The lowest BCUT2D eigenvalue weighted by Gasteiger charge is -2.31. The van der Waals surface area contributed by atoms with E-state index in [1.807, 2.05) is 13.0 Å². The summed E-state index contributed by atoms with van der Waals surface area (Å²) in [5, 5.41) is 14.6. The number of nitrogens with zero attached hydrogens (tertiary/aromatic N) is 6. The van der Waals surface area contributed by atoms with Crippen molar-refractivity contribution in [1.29, 1.82) is 0 Å². The van der Waals surface area contributed by atoms with E-state index in [1.54, 1.807) is 4.90 Å². The first-order valence-electron chi connectivity index (χ1n) is 7.63. The van der Waals surface area contributed by atoms with Gasteiger partial charge in [0, 0.05) is 25.1 Å². The summed E-state index contributed by atoms with van der Waals surface area (Å²) in [4.78, 5) is 19.1. The molecule has 1 amide bonds. The number of amides is 1. The molecule has 1 N–H and O–H groups in total. The first-order valence-corrected chi connectivity index (χ1v) is 8.40. The van der Waals surface area contributed by atoms with Crippen LogP contribution in [0.25, 0.3) is 10.6 Å². The summed E-state index contributed by atoms with van der Waals surface area (Å²) in [5.41, 5.74) is 1.68. The van der Waals surface area contributed by atoms with Crippen molar-refractivity contribution in [2.45, 2.75) is 25.7 Å². The van der Waals surface area contributed by atoms with Gasteiger partial charge in [0.25, 0.3) is 5.91 Å². The Hall–Kier alpha value is -2.62. The molecule has 24 heavy (non-hydrogen) atoms. The molecule has 0 spiro atoms. The van der Waals surface area contributed by atoms with E-state index in [4.69, 9.17) is 4.52 Å². The number of aromatic amines is 1. The summed E-state index contributed by atoms with van der Waals surface area (Å²) >= 11 is 1.29. The highest BCUT2D eigenvalue weighted by atomic mass is 32.1. The first kappa shape index (κ1) is 14.9. The molecule has 10 heteroatoms. The van der Waals surface area contributed by atoms with Gasteiger partial charge >= 0.3 is 0 Å². The van der Waals surface area contributed by atoms with Gasteiger partial charge in [0.05, 0.1) is 11.4 Å². The Bertz CT molecular complexity index is 841. The molecule has 0 bridgehead atoms. The van der Waals surface area contributed by atoms with Crippen LogP contribution in [-0.4, -0.2) is 53.8 Å². The number of aryl methyl sites for hydroxylation is 1. The Balaban J connectivity index is 1.57. The van der Waals surface area contributed by atoms with Gasteiger partial charge in [0.1, 0.15) is 11.2 Å². The number of nitrogens with one attached hydrogen (secondary N) is 1. The van der Waals surface area contributed by atoms with Crippen molar-refractivity contribution < 1.29 is 9.32 Å². The van der Waals surface area contributed by atoms with E-state index >= 15 is 0 Å². The molecule has 4 rings (SSSR count). The van der Waals surface area contributed by atoms with Crippen LogP contribution in [0.5, 0.6) is 0 Å². The third kappa shape index (κ3) is 2.68. The SMILES string of the molecule is Cc1cc(-c2snnc2[C@@H]2CCCN(C(=O)c3ncn[nH]3)C2)on1. The lowest BCUT2D eigenvalue weighted by molar-refractivity contribution is 0.0694. The van der Waals surface area contributed by atoms with Crippen LogP contribution in [0.3, 0.4) is 0 Å². The summed E-state index contributed by atoms with van der Waals surface area (Å²) < 4.78 is 9.42. The van der Waals surface area contributed by atoms with Gasteiger partial charge in [-0.2, -0.15) is 5.10 Å². The van der Waals surface area contributed by atoms with Gasteiger partial charge < -0.3 is 9.42 Å². The van der Waals surface area contributed by atoms with Crippen LogP contribution in [0.2, 0.25) is 0 Å². The van der Waals surface area contributed by atoms with E-state index in [1.165, 1.54) is 17.9 Å². The summed E-state index contributed by atoms with van der Waals surface area (Å²) in [6.45, 7) is 3.15. The number of carbonyl (C=O) groups excluding carboxylic acids is 1. The summed E-state index contributed by atoms with van der Waals surface area (Å²) in [6.07, 6.45) is 3.19. The van der Waals surface area contributed by atoms with Crippen molar-refractivity contribution >= 4 is 17.4 Å². The molecule has 3 aromatic heterocycles. The second kappa shape index (κ2) is 6.11. The van der Waals surface area contributed by atoms with Crippen LogP contribution in [0, 0.1) is 6.92 Å². The van der Waals surface area contributed by atoms with E-state index in [0.29, 0.717) is 18.8 Å². The Morgan fingerprint density at radius 3 is 3.17 bits per heavy atom. The number of H-pyrrole nitrogens is 1. The molecule has 3 aromatic rings. The van der Waals surface area contributed by atoms with Crippen molar-refractivity contribution in [3.8, 4) is 10.6 Å². The van der Waals surface area contributed by atoms with Gasteiger partial charge in [-0.3, -0.25) is 9.89 Å². The lowest BCUT2D eigenvalue weighted by Crippen LogP contribution is -2.39. The minimum absolute atomic E-state index is 0.116. The normalized spacial score (nSPS) is 18.0. The molecule has 1 aliphatic heterocycles. The van der Waals surface area contributed by atoms with E-state index in [2.05, 4.69) is 29.9 Å². The molecule has 9 nitrogen and oxygen atoms in total. The van der Waals surface area contributed by atoms with Crippen molar-refractivity contribution in [1.82, 2.24) is 34.8 Å². The maximum Gasteiger partial charge on any atom is 0.291 e. The smallest absolute Gasteiger partial charge is 0.291 e. The van der Waals surface area contributed by atoms with Crippen LogP contribution in [-0.2, 0) is 0 Å². The molecule has 0 aliphatic carbocycles. The van der Waals surface area contributed by atoms with E-state index < -0.39 is 0 Å². The number of hydrogen-bond acceptors (Lipinski definition) is 8. The van der Waals surface area contributed by atoms with Crippen molar-refractivity contribution in [2.75, 3.05) is 13.1 Å². The van der Waals surface area contributed by atoms with Crippen LogP contribution >= 0.6 is 11.5 Å². The lowest BCUT2D eigenvalue weighted by atomic mass is 9.93. The third-order valence-electron chi connectivity index (χ3n) is 4.08. The topological polar surface area (TPSA) is 114 Å². The molecule has 4 heterocycles. The van der Waals surface area contributed by atoms with E-state index in [-0.39, 0.29) is 17.6 Å². The molecule has 1 fully saturated rings. The van der Waals surface area contributed by atoms with Gasteiger partial charge in [-0.25, -0.2) is 4.98 Å². The fourth-order valence-corrected chi connectivity index (χ4v) is 3.65. The molecule has 1 aliphatic rings. The van der Waals surface area contributed by atoms with Crippen molar-refractivity contribution in [3.63, 3.8) is 0 Å².